The Morgan fingerprint density at radius 3 is 2.29 bits per heavy atom. The molecule has 0 heterocycles. The largest absolute Gasteiger partial charge is 0.326 e. The van der Waals surface area contributed by atoms with Crippen LogP contribution in [0.25, 0.3) is 0 Å². The minimum Gasteiger partial charge on any atom is -0.326 e. The van der Waals surface area contributed by atoms with Crippen molar-refractivity contribution in [3.63, 3.8) is 0 Å². The molecular weight excluding hydrogens is 324 g/mol. The summed E-state index contributed by atoms with van der Waals surface area (Å²) < 4.78 is 26.6. The van der Waals surface area contributed by atoms with E-state index in [-0.39, 0.29) is 29.7 Å². The van der Waals surface area contributed by atoms with Crippen molar-refractivity contribution in [2.75, 3.05) is 11.9 Å². The lowest BCUT2D eigenvalue weighted by molar-refractivity contribution is -0.116. The van der Waals surface area contributed by atoms with Crippen molar-refractivity contribution in [3.05, 3.63) is 60.2 Å². The van der Waals surface area contributed by atoms with E-state index in [0.29, 0.717) is 0 Å². The van der Waals surface area contributed by atoms with Crippen molar-refractivity contribution in [2.24, 2.45) is 0 Å². The average molecular weight is 346 g/mol. The number of nitrogens with one attached hydrogen (secondary N) is 2. The topological polar surface area (TPSA) is 75.3 Å². The lowest BCUT2D eigenvalue weighted by Gasteiger charge is -2.13. The Kier molecular flexibility index (Phi) is 6.11. The molecule has 2 aromatic rings. The zero-order chi connectivity index (χ0) is 17.6. The molecule has 0 unspecified atom stereocenters. The second kappa shape index (κ2) is 8.08. The van der Waals surface area contributed by atoms with E-state index < -0.39 is 10.0 Å². The number of para-hydroxylation sites is 1. The number of rotatable bonds is 7. The van der Waals surface area contributed by atoms with Crippen LogP contribution in [0, 0.1) is 0 Å². The third kappa shape index (κ3) is 4.91. The second-order valence-electron chi connectivity index (χ2n) is 5.75. The Morgan fingerprint density at radius 2 is 1.62 bits per heavy atom. The van der Waals surface area contributed by atoms with Crippen LogP contribution in [0.3, 0.4) is 0 Å². The SMILES string of the molecule is CC(C)c1ccccc1NC(=O)CCNS(=O)(=O)c1ccccc1. The molecule has 0 fully saturated rings. The molecule has 6 heteroatoms. The van der Waals surface area contributed by atoms with Gasteiger partial charge in [-0.15, -0.1) is 0 Å². The molecule has 2 aromatic carbocycles. The van der Waals surface area contributed by atoms with E-state index in [4.69, 9.17) is 0 Å². The molecule has 2 N–H and O–H groups in total. The molecule has 2 rings (SSSR count). The van der Waals surface area contributed by atoms with Crippen molar-refractivity contribution in [2.45, 2.75) is 31.1 Å². The highest BCUT2D eigenvalue weighted by molar-refractivity contribution is 7.89. The van der Waals surface area contributed by atoms with Crippen molar-refractivity contribution < 1.29 is 13.2 Å². The summed E-state index contributed by atoms with van der Waals surface area (Å²) in [5.74, 6) is 0.0666. The number of carbonyl (C=O) groups excluding carboxylic acids is 1. The Balaban J connectivity index is 1.91. The molecule has 0 aliphatic rings. The number of benzene rings is 2. The van der Waals surface area contributed by atoms with Gasteiger partial charge >= 0.3 is 0 Å². The van der Waals surface area contributed by atoms with Gasteiger partial charge in [0.1, 0.15) is 0 Å². The number of carbonyl (C=O) groups is 1. The predicted octanol–water partition coefficient (Wildman–Crippen LogP) is 3.12. The third-order valence-corrected chi connectivity index (χ3v) is 5.03. The fourth-order valence-electron chi connectivity index (χ4n) is 2.31. The van der Waals surface area contributed by atoms with Crippen LogP contribution in [-0.2, 0) is 14.8 Å². The van der Waals surface area contributed by atoms with Gasteiger partial charge < -0.3 is 5.32 Å². The highest BCUT2D eigenvalue weighted by Crippen LogP contribution is 2.23. The molecule has 0 saturated heterocycles. The zero-order valence-electron chi connectivity index (χ0n) is 13.8. The van der Waals surface area contributed by atoms with Crippen LogP contribution in [0.5, 0.6) is 0 Å². The maximum Gasteiger partial charge on any atom is 0.240 e. The van der Waals surface area contributed by atoms with E-state index in [2.05, 4.69) is 23.9 Å². The first kappa shape index (κ1) is 18.2. The maximum atomic E-state index is 12.1. The molecule has 0 aromatic heterocycles. The van der Waals surface area contributed by atoms with E-state index in [9.17, 15) is 13.2 Å². The standard InChI is InChI=1S/C18H22N2O3S/c1-14(2)16-10-6-7-11-17(16)20-18(21)12-13-19-24(22,23)15-8-4-3-5-9-15/h3-11,14,19H,12-13H2,1-2H3,(H,20,21). The van der Waals surface area contributed by atoms with Gasteiger partial charge in [0.05, 0.1) is 4.90 Å². The molecule has 0 bridgehead atoms. The normalized spacial score (nSPS) is 11.5. The van der Waals surface area contributed by atoms with Gasteiger partial charge in [-0.25, -0.2) is 13.1 Å². The van der Waals surface area contributed by atoms with Crippen molar-refractivity contribution in [1.29, 1.82) is 0 Å². The third-order valence-electron chi connectivity index (χ3n) is 3.55. The number of anilines is 1. The van der Waals surface area contributed by atoms with Gasteiger partial charge in [0.2, 0.25) is 15.9 Å². The van der Waals surface area contributed by atoms with Crippen LogP contribution >= 0.6 is 0 Å². The summed E-state index contributed by atoms with van der Waals surface area (Å²) in [5.41, 5.74) is 1.82. The summed E-state index contributed by atoms with van der Waals surface area (Å²) in [6, 6.07) is 15.7. The van der Waals surface area contributed by atoms with Crippen LogP contribution in [-0.4, -0.2) is 20.9 Å². The first-order valence-corrected chi connectivity index (χ1v) is 9.32. The molecule has 24 heavy (non-hydrogen) atoms. The summed E-state index contributed by atoms with van der Waals surface area (Å²) in [6.07, 6.45) is 0.0679. The summed E-state index contributed by atoms with van der Waals surface area (Å²) >= 11 is 0. The van der Waals surface area contributed by atoms with Gasteiger partial charge in [0.15, 0.2) is 0 Å². The molecule has 0 aliphatic heterocycles. The van der Waals surface area contributed by atoms with Crippen molar-refractivity contribution >= 4 is 21.6 Å². The maximum absolute atomic E-state index is 12.1. The molecule has 0 atom stereocenters. The second-order valence-corrected chi connectivity index (χ2v) is 7.52. The predicted molar refractivity (Wildman–Crippen MR) is 95.4 cm³/mol. The highest BCUT2D eigenvalue weighted by Gasteiger charge is 2.14. The Labute approximate surface area is 143 Å². The molecule has 5 nitrogen and oxygen atoms in total. The summed E-state index contributed by atoms with van der Waals surface area (Å²) in [4.78, 5) is 12.3. The average Bonchev–Trinajstić information content (AvgIpc) is 2.56. The van der Waals surface area contributed by atoms with E-state index in [1.165, 1.54) is 12.1 Å². The van der Waals surface area contributed by atoms with Crippen molar-refractivity contribution in [3.8, 4) is 0 Å². The summed E-state index contributed by atoms with van der Waals surface area (Å²) in [5, 5.41) is 2.84. The number of sulfonamides is 1. The molecule has 128 valence electrons. The van der Waals surface area contributed by atoms with Gasteiger partial charge in [-0.3, -0.25) is 4.79 Å². The lowest BCUT2D eigenvalue weighted by Crippen LogP contribution is -2.28. The Morgan fingerprint density at radius 1 is 1.00 bits per heavy atom. The molecule has 0 aliphatic carbocycles. The van der Waals surface area contributed by atoms with Crippen LogP contribution in [0.2, 0.25) is 0 Å². The summed E-state index contributed by atoms with van der Waals surface area (Å²) in [7, 11) is -3.58. The lowest BCUT2D eigenvalue weighted by atomic mass is 10.0. The number of amides is 1. The molecule has 0 radical (unpaired) electrons. The minimum absolute atomic E-state index is 0.0485. The van der Waals surface area contributed by atoms with Gasteiger partial charge in [-0.05, 0) is 29.7 Å². The number of hydrogen-bond donors (Lipinski definition) is 2. The first-order valence-electron chi connectivity index (χ1n) is 7.83. The van der Waals surface area contributed by atoms with E-state index in [1.54, 1.807) is 18.2 Å². The zero-order valence-corrected chi connectivity index (χ0v) is 14.6. The van der Waals surface area contributed by atoms with Crippen LogP contribution in [0.1, 0.15) is 31.7 Å². The monoisotopic (exact) mass is 346 g/mol. The van der Waals surface area contributed by atoms with Crippen LogP contribution < -0.4 is 10.0 Å². The first-order chi connectivity index (χ1) is 11.4. The van der Waals surface area contributed by atoms with E-state index in [1.807, 2.05) is 24.3 Å². The quantitative estimate of drug-likeness (QED) is 0.809. The minimum atomic E-state index is -3.58. The molecule has 0 saturated carbocycles. The van der Waals surface area contributed by atoms with Gasteiger partial charge in [0, 0.05) is 18.7 Å². The van der Waals surface area contributed by atoms with E-state index in [0.717, 1.165) is 11.3 Å². The molecule has 1 amide bonds. The van der Waals surface area contributed by atoms with Gasteiger partial charge in [-0.2, -0.15) is 0 Å². The van der Waals surface area contributed by atoms with Crippen molar-refractivity contribution in [1.82, 2.24) is 4.72 Å². The molecule has 0 spiro atoms. The van der Waals surface area contributed by atoms with E-state index >= 15 is 0 Å². The fourth-order valence-corrected chi connectivity index (χ4v) is 3.36. The molecular formula is C18H22N2O3S. The fraction of sp³-hybridized carbons (Fsp3) is 0.278. The smallest absolute Gasteiger partial charge is 0.240 e. The summed E-state index contributed by atoms with van der Waals surface area (Å²) in [6.45, 7) is 4.16. The van der Waals surface area contributed by atoms with Crippen LogP contribution in [0.15, 0.2) is 59.5 Å². The highest BCUT2D eigenvalue weighted by atomic mass is 32.2. The van der Waals surface area contributed by atoms with Crippen LogP contribution in [0.4, 0.5) is 5.69 Å². The van der Waals surface area contributed by atoms with Gasteiger partial charge in [-0.1, -0.05) is 50.2 Å². The Hall–Kier alpha value is -2.18. The number of hydrogen-bond acceptors (Lipinski definition) is 3. The Bertz CT molecular complexity index is 787. The van der Waals surface area contributed by atoms with Gasteiger partial charge in [0.25, 0.3) is 0 Å².